The van der Waals surface area contributed by atoms with E-state index in [1.807, 2.05) is 36.4 Å². The fourth-order valence-electron chi connectivity index (χ4n) is 3.42. The van der Waals surface area contributed by atoms with Crippen LogP contribution in [0.1, 0.15) is 18.4 Å². The molecular formula is C19H18N4O. The quantitative estimate of drug-likeness (QED) is 0.741. The van der Waals surface area contributed by atoms with Crippen molar-refractivity contribution in [3.8, 4) is 17.5 Å². The molecule has 5 nitrogen and oxygen atoms in total. The zero-order valence-corrected chi connectivity index (χ0v) is 13.6. The minimum Gasteiger partial charge on any atom is -0.497 e. The van der Waals surface area contributed by atoms with Gasteiger partial charge >= 0.3 is 0 Å². The van der Waals surface area contributed by atoms with Gasteiger partial charge in [-0.15, -0.1) is 0 Å². The number of aromatic nitrogens is 2. The van der Waals surface area contributed by atoms with Crippen LogP contribution in [0.2, 0.25) is 0 Å². The summed E-state index contributed by atoms with van der Waals surface area (Å²) in [5.74, 6) is 1.76. The summed E-state index contributed by atoms with van der Waals surface area (Å²) in [5.41, 5.74) is 2.51. The average Bonchev–Trinajstić information content (AvgIpc) is 3.27. The predicted octanol–water partition coefficient (Wildman–Crippen LogP) is 3.51. The number of hydrogen-bond donors (Lipinski definition) is 0. The second kappa shape index (κ2) is 5.89. The highest BCUT2D eigenvalue weighted by molar-refractivity contribution is 5.92. The Labute approximate surface area is 140 Å². The van der Waals surface area contributed by atoms with E-state index in [9.17, 15) is 5.26 Å². The van der Waals surface area contributed by atoms with E-state index < -0.39 is 0 Å². The summed E-state index contributed by atoms with van der Waals surface area (Å²) in [6.45, 7) is 1.95. The van der Waals surface area contributed by atoms with Gasteiger partial charge in [-0.05, 0) is 49.2 Å². The Balaban J connectivity index is 2.01. The molecule has 0 bridgehead atoms. The van der Waals surface area contributed by atoms with Crippen LogP contribution in [-0.4, -0.2) is 29.8 Å². The molecule has 1 aliphatic rings. The van der Waals surface area contributed by atoms with Crippen molar-refractivity contribution in [2.75, 3.05) is 25.1 Å². The molecule has 1 aliphatic heterocycles. The molecule has 24 heavy (non-hydrogen) atoms. The number of ether oxygens (including phenoxy) is 1. The van der Waals surface area contributed by atoms with Gasteiger partial charge in [-0.3, -0.25) is 4.57 Å². The number of methoxy groups -OCH3 is 1. The molecule has 1 saturated heterocycles. The zero-order chi connectivity index (χ0) is 16.5. The smallest absolute Gasteiger partial charge is 0.147 e. The van der Waals surface area contributed by atoms with Crippen LogP contribution in [0.5, 0.6) is 5.75 Å². The number of benzene rings is 1. The van der Waals surface area contributed by atoms with E-state index >= 15 is 0 Å². The molecule has 0 saturated carbocycles. The summed E-state index contributed by atoms with van der Waals surface area (Å²) in [7, 11) is 1.66. The Morgan fingerprint density at radius 3 is 2.54 bits per heavy atom. The normalized spacial score (nSPS) is 14.1. The number of rotatable bonds is 3. The van der Waals surface area contributed by atoms with Crippen LogP contribution in [0.4, 0.5) is 5.82 Å². The summed E-state index contributed by atoms with van der Waals surface area (Å²) >= 11 is 0. The lowest BCUT2D eigenvalue weighted by Crippen LogP contribution is -2.21. The van der Waals surface area contributed by atoms with Crippen molar-refractivity contribution in [3.63, 3.8) is 0 Å². The molecule has 0 radical (unpaired) electrons. The van der Waals surface area contributed by atoms with Crippen LogP contribution in [0, 0.1) is 11.3 Å². The van der Waals surface area contributed by atoms with Crippen molar-refractivity contribution < 1.29 is 4.74 Å². The minimum absolute atomic E-state index is 0.704. The fraction of sp³-hybridized carbons (Fsp3) is 0.263. The van der Waals surface area contributed by atoms with Gasteiger partial charge in [0.25, 0.3) is 0 Å². The zero-order valence-electron chi connectivity index (χ0n) is 13.6. The Morgan fingerprint density at radius 1 is 1.12 bits per heavy atom. The number of anilines is 1. The SMILES string of the molecule is COc1ccc(-n2c(N3CCCC3)c(C#N)c3cccnc32)cc1. The van der Waals surface area contributed by atoms with Crippen molar-refractivity contribution in [2.24, 2.45) is 0 Å². The van der Waals surface area contributed by atoms with Gasteiger partial charge in [0.1, 0.15) is 28.8 Å². The molecule has 1 fully saturated rings. The van der Waals surface area contributed by atoms with Crippen molar-refractivity contribution in [1.82, 2.24) is 9.55 Å². The maximum absolute atomic E-state index is 9.78. The van der Waals surface area contributed by atoms with Crippen LogP contribution in [-0.2, 0) is 0 Å². The molecule has 3 heterocycles. The van der Waals surface area contributed by atoms with E-state index in [0.717, 1.165) is 54.2 Å². The van der Waals surface area contributed by atoms with E-state index in [1.165, 1.54) is 0 Å². The molecule has 0 N–H and O–H groups in total. The molecule has 0 spiro atoms. The number of nitrogens with zero attached hydrogens (tertiary/aromatic N) is 4. The molecule has 0 amide bonds. The van der Waals surface area contributed by atoms with Crippen LogP contribution < -0.4 is 9.64 Å². The molecule has 4 rings (SSSR count). The maximum atomic E-state index is 9.78. The third-order valence-electron chi connectivity index (χ3n) is 4.55. The first-order valence-corrected chi connectivity index (χ1v) is 8.12. The Kier molecular flexibility index (Phi) is 3.58. The average molecular weight is 318 g/mol. The van der Waals surface area contributed by atoms with Crippen LogP contribution in [0.25, 0.3) is 16.7 Å². The predicted molar refractivity (Wildman–Crippen MR) is 93.8 cm³/mol. The number of fused-ring (bicyclic) bond motifs is 1. The lowest BCUT2D eigenvalue weighted by atomic mass is 10.2. The lowest BCUT2D eigenvalue weighted by Gasteiger charge is -2.21. The van der Waals surface area contributed by atoms with E-state index in [-0.39, 0.29) is 0 Å². The number of nitriles is 1. The molecule has 0 aliphatic carbocycles. The highest BCUT2D eigenvalue weighted by Gasteiger charge is 2.25. The number of pyridine rings is 1. The van der Waals surface area contributed by atoms with Crippen molar-refractivity contribution in [3.05, 3.63) is 48.2 Å². The highest BCUT2D eigenvalue weighted by atomic mass is 16.5. The number of hydrogen-bond acceptors (Lipinski definition) is 4. The first-order valence-electron chi connectivity index (χ1n) is 8.12. The fourth-order valence-corrected chi connectivity index (χ4v) is 3.42. The van der Waals surface area contributed by atoms with Gasteiger partial charge in [0.05, 0.1) is 7.11 Å². The second-order valence-electron chi connectivity index (χ2n) is 5.91. The largest absolute Gasteiger partial charge is 0.497 e. The summed E-state index contributed by atoms with van der Waals surface area (Å²) in [6, 6.07) is 14.1. The second-order valence-corrected chi connectivity index (χ2v) is 5.91. The molecule has 5 heteroatoms. The standard InChI is InChI=1S/C19H18N4O/c1-24-15-8-6-14(7-9-15)23-18-16(5-4-10-21-18)17(13-20)19(23)22-11-2-3-12-22/h4-10H,2-3,11-12H2,1H3. The van der Waals surface area contributed by atoms with Crippen molar-refractivity contribution >= 4 is 16.9 Å². The van der Waals surface area contributed by atoms with Crippen molar-refractivity contribution in [2.45, 2.75) is 12.8 Å². The van der Waals surface area contributed by atoms with E-state index in [2.05, 4.69) is 20.5 Å². The Morgan fingerprint density at radius 2 is 1.88 bits per heavy atom. The summed E-state index contributed by atoms with van der Waals surface area (Å²) in [6.07, 6.45) is 4.09. The van der Waals surface area contributed by atoms with Gasteiger partial charge in [-0.25, -0.2) is 4.98 Å². The topological polar surface area (TPSA) is 54.1 Å². The third-order valence-corrected chi connectivity index (χ3v) is 4.55. The molecule has 2 aromatic heterocycles. The molecule has 3 aromatic rings. The summed E-state index contributed by atoms with van der Waals surface area (Å²) in [4.78, 5) is 6.85. The summed E-state index contributed by atoms with van der Waals surface area (Å²) < 4.78 is 7.36. The van der Waals surface area contributed by atoms with E-state index in [1.54, 1.807) is 13.3 Å². The Bertz CT molecular complexity index is 915. The molecule has 0 unspecified atom stereocenters. The van der Waals surface area contributed by atoms with Crippen LogP contribution in [0.15, 0.2) is 42.6 Å². The van der Waals surface area contributed by atoms with E-state index in [0.29, 0.717) is 5.56 Å². The first-order chi connectivity index (χ1) is 11.8. The van der Waals surface area contributed by atoms with Gasteiger partial charge in [0, 0.05) is 30.4 Å². The van der Waals surface area contributed by atoms with Crippen LogP contribution in [0.3, 0.4) is 0 Å². The van der Waals surface area contributed by atoms with Crippen molar-refractivity contribution in [1.29, 1.82) is 5.26 Å². The van der Waals surface area contributed by atoms with Gasteiger partial charge in [0.15, 0.2) is 0 Å². The van der Waals surface area contributed by atoms with Gasteiger partial charge < -0.3 is 9.64 Å². The maximum Gasteiger partial charge on any atom is 0.147 e. The monoisotopic (exact) mass is 318 g/mol. The van der Waals surface area contributed by atoms with Crippen LogP contribution >= 0.6 is 0 Å². The first kappa shape index (κ1) is 14.6. The molecule has 0 atom stereocenters. The molecular weight excluding hydrogens is 300 g/mol. The third kappa shape index (κ3) is 2.19. The van der Waals surface area contributed by atoms with E-state index in [4.69, 9.17) is 4.74 Å². The van der Waals surface area contributed by atoms with Gasteiger partial charge in [-0.1, -0.05) is 0 Å². The van der Waals surface area contributed by atoms with Gasteiger partial charge in [0.2, 0.25) is 0 Å². The highest BCUT2D eigenvalue weighted by Crippen LogP contribution is 2.36. The lowest BCUT2D eigenvalue weighted by molar-refractivity contribution is 0.415. The Hall–Kier alpha value is -3.00. The minimum atomic E-state index is 0.704. The van der Waals surface area contributed by atoms with Gasteiger partial charge in [-0.2, -0.15) is 5.26 Å². The summed E-state index contributed by atoms with van der Waals surface area (Å²) in [5, 5.41) is 10.7. The molecule has 1 aromatic carbocycles. The molecule has 120 valence electrons.